The molecule has 4 rings (SSSR count). The van der Waals surface area contributed by atoms with E-state index in [4.69, 9.17) is 15.6 Å². The third-order valence-electron chi connectivity index (χ3n) is 6.88. The number of hydrogen-bond donors (Lipinski definition) is 3. The van der Waals surface area contributed by atoms with E-state index >= 15 is 0 Å². The summed E-state index contributed by atoms with van der Waals surface area (Å²) < 4.78 is 7.65. The Labute approximate surface area is 235 Å². The molecule has 0 radical (unpaired) electrons. The third-order valence-corrected chi connectivity index (χ3v) is 8.41. The first-order valence-electron chi connectivity index (χ1n) is 13.1. The number of dihydropyridines is 1. The van der Waals surface area contributed by atoms with E-state index in [2.05, 4.69) is 49.5 Å². The number of fused-ring (bicyclic) bond motifs is 1. The number of benzene rings is 1. The summed E-state index contributed by atoms with van der Waals surface area (Å²) in [6, 6.07) is 6.39. The molecule has 2 aromatic rings. The number of amidine groups is 1. The van der Waals surface area contributed by atoms with E-state index in [1.807, 2.05) is 37.9 Å². The average Bonchev–Trinajstić information content (AvgIpc) is 3.03. The Morgan fingerprint density at radius 2 is 2.16 bits per heavy atom. The van der Waals surface area contributed by atoms with Crippen LogP contribution in [0.1, 0.15) is 64.6 Å². The zero-order valence-corrected chi connectivity index (χ0v) is 26.8. The molecule has 0 spiro atoms. The van der Waals surface area contributed by atoms with Gasteiger partial charge in [0.15, 0.2) is 0 Å². The molecule has 3 heterocycles. The minimum atomic E-state index is -0.480. The summed E-state index contributed by atoms with van der Waals surface area (Å²) in [6.07, 6.45) is 9.78. The van der Waals surface area contributed by atoms with Gasteiger partial charge in [-0.25, -0.2) is 4.79 Å². The van der Waals surface area contributed by atoms with Gasteiger partial charge >= 0.3 is 189 Å². The van der Waals surface area contributed by atoms with Gasteiger partial charge in [0.25, 0.3) is 0 Å². The first-order chi connectivity index (χ1) is 17.7. The van der Waals surface area contributed by atoms with Gasteiger partial charge < -0.3 is 9.64 Å². The molecular weight excluding hydrogens is 659 g/mol. The van der Waals surface area contributed by atoms with Crippen molar-refractivity contribution in [1.82, 2.24) is 23.2 Å². The summed E-state index contributed by atoms with van der Waals surface area (Å²) in [5, 5.41) is 13.7. The zero-order valence-electron chi connectivity index (χ0n) is 22.3. The molecule has 0 saturated carbocycles. The normalized spacial score (nSPS) is 19.6. The van der Waals surface area contributed by atoms with Crippen molar-refractivity contribution in [2.24, 2.45) is 16.8 Å². The second kappa shape index (κ2) is 11.9. The van der Waals surface area contributed by atoms with Gasteiger partial charge in [-0.3, -0.25) is 0 Å². The fourth-order valence-electron chi connectivity index (χ4n) is 4.92. The maximum atomic E-state index is 12.5. The third kappa shape index (κ3) is 6.85. The molecule has 1 aromatic carbocycles. The number of rotatable bonds is 6. The van der Waals surface area contributed by atoms with E-state index in [0.29, 0.717) is 44.4 Å². The van der Waals surface area contributed by atoms with Crippen molar-refractivity contribution in [1.29, 1.82) is 0 Å². The number of carbonyl (C=O) groups excluding carboxylic acids is 1. The van der Waals surface area contributed by atoms with Crippen molar-refractivity contribution in [2.75, 3.05) is 19.6 Å². The van der Waals surface area contributed by atoms with E-state index in [9.17, 15) is 4.79 Å². The zero-order chi connectivity index (χ0) is 26.6. The quantitative estimate of drug-likeness (QED) is 0.185. The van der Waals surface area contributed by atoms with E-state index in [1.54, 1.807) is 0 Å². The second-order valence-electron chi connectivity index (χ2n) is 10.7. The number of ether oxygens (including phenoxy) is 1. The fourth-order valence-corrected chi connectivity index (χ4v) is 6.25. The standard InChI is InChI=1S/C27H38N7O2.Tl/c1-5-22(18-7-6-15-34(16-12-18)26(35)36-27(2,3)4)30-33-25(28)20-8-9-23-21(17-20)24(32-31-23)19-10-13-29-14-11-19;/h8-11,13,17-18,22,29-30H,5-7,12,14-16H2,1-4H3,(H2-,28,31,32,33);/q-1;+1/t18-,22?;/m1./s1. The van der Waals surface area contributed by atoms with Crippen LogP contribution < -0.4 is 16.5 Å². The number of amides is 1. The van der Waals surface area contributed by atoms with Gasteiger partial charge in [0, 0.05) is 6.54 Å². The molecule has 10 heteroatoms. The first-order valence-corrected chi connectivity index (χ1v) is 15.1. The summed E-state index contributed by atoms with van der Waals surface area (Å²) in [5.74, 6) is 0.875. The van der Waals surface area contributed by atoms with Crippen LogP contribution in [0.15, 0.2) is 41.7 Å². The van der Waals surface area contributed by atoms with Gasteiger partial charge in [0.2, 0.25) is 0 Å². The molecule has 1 saturated heterocycles. The van der Waals surface area contributed by atoms with Crippen LogP contribution in [0.3, 0.4) is 0 Å². The minimum absolute atomic E-state index is 0.187. The van der Waals surface area contributed by atoms with Crippen LogP contribution in [0.2, 0.25) is 0 Å². The van der Waals surface area contributed by atoms with E-state index in [0.717, 1.165) is 66.5 Å². The van der Waals surface area contributed by atoms with Crippen LogP contribution in [0, 0.1) is 5.92 Å². The van der Waals surface area contributed by atoms with Crippen LogP contribution in [0.25, 0.3) is 16.5 Å². The number of likely N-dealkylation sites (tertiary alicyclic amines) is 1. The number of carbonyl (C=O) groups is 1. The molecule has 0 aliphatic carbocycles. The Morgan fingerprint density at radius 3 is 2.86 bits per heavy atom. The van der Waals surface area contributed by atoms with E-state index in [1.165, 1.54) is 0 Å². The number of hydrogen-bond acceptors (Lipinski definition) is 6. The molecule has 2 aliphatic rings. The second-order valence-corrected chi connectivity index (χ2v) is 12.6. The van der Waals surface area contributed by atoms with Crippen LogP contribution >= 0.6 is 0 Å². The number of allylic oxidation sites excluding steroid dienone is 2. The predicted molar refractivity (Wildman–Crippen MR) is 149 cm³/mol. The molecule has 9 nitrogen and oxygen atoms in total. The monoisotopic (exact) mass is 697 g/mol. The van der Waals surface area contributed by atoms with E-state index < -0.39 is 5.60 Å². The molecule has 0 bridgehead atoms. The number of nitrogens with one attached hydrogen (secondary N) is 2. The Kier molecular flexibility index (Phi) is 8.81. The van der Waals surface area contributed by atoms with Gasteiger partial charge in [-0.05, 0) is 20.8 Å². The fraction of sp³-hybridized carbons (Fsp3) is 0.519. The summed E-state index contributed by atoms with van der Waals surface area (Å²) in [5.41, 5.74) is 13.5. The predicted octanol–water partition coefficient (Wildman–Crippen LogP) is 3.49. The van der Waals surface area contributed by atoms with Crippen molar-refractivity contribution in [3.63, 3.8) is 0 Å². The first kappa shape index (κ1) is 27.5. The molecule has 1 fully saturated rings. The SMILES string of the molecule is CCC(N/N=C(\N)c1ccc2c(c1)c(C1=CCNC=C1)n[n]2[Tl])[C@@H]1CCCN(C(=O)OC(C)(C)C)CC1. The van der Waals surface area contributed by atoms with Gasteiger partial charge in [0.05, 0.1) is 0 Å². The molecular formula is C27H38N7O2Tl. The van der Waals surface area contributed by atoms with E-state index in [-0.39, 0.29) is 12.1 Å². The van der Waals surface area contributed by atoms with Crippen molar-refractivity contribution in [3.8, 4) is 0 Å². The molecule has 1 unspecified atom stereocenters. The molecule has 1 amide bonds. The van der Waals surface area contributed by atoms with Gasteiger partial charge in [0.1, 0.15) is 5.60 Å². The Bertz CT molecular complexity index is 1210. The molecule has 37 heavy (non-hydrogen) atoms. The Balaban J connectivity index is 1.45. The molecule has 4 N–H and O–H groups in total. The molecule has 2 aliphatic heterocycles. The average molecular weight is 697 g/mol. The van der Waals surface area contributed by atoms with Crippen molar-refractivity contribution >= 4 is 54.5 Å². The van der Waals surface area contributed by atoms with Gasteiger partial charge in [-0.15, -0.1) is 0 Å². The number of nitrogens with two attached hydrogens (primary N) is 1. The summed E-state index contributed by atoms with van der Waals surface area (Å²) >= 11 is 0.571. The van der Waals surface area contributed by atoms with Crippen LogP contribution in [0.4, 0.5) is 4.79 Å². The molecule has 2 atom stereocenters. The van der Waals surface area contributed by atoms with Gasteiger partial charge in [-0.2, -0.15) is 0 Å². The van der Waals surface area contributed by atoms with Crippen molar-refractivity contribution in [3.05, 3.63) is 47.8 Å². The Hall–Kier alpha value is -2.57. The molecule has 1 aromatic heterocycles. The number of nitrogens with zero attached hydrogens (tertiary/aromatic N) is 4. The topological polar surface area (TPSA) is 110 Å². The maximum absolute atomic E-state index is 12.5. The van der Waals surface area contributed by atoms with Crippen LogP contribution in [-0.2, 0) is 4.74 Å². The summed E-state index contributed by atoms with van der Waals surface area (Å²) in [6.45, 7) is 10.1. The summed E-state index contributed by atoms with van der Waals surface area (Å²) in [7, 11) is 0. The van der Waals surface area contributed by atoms with Crippen molar-refractivity contribution < 1.29 is 9.53 Å². The number of hydrazone groups is 1. The van der Waals surface area contributed by atoms with Gasteiger partial charge in [-0.1, -0.05) is 0 Å². The number of aromatic nitrogens is 2. The van der Waals surface area contributed by atoms with Crippen LogP contribution in [0.5, 0.6) is 0 Å². The van der Waals surface area contributed by atoms with Crippen LogP contribution in [-0.4, -0.2) is 81.8 Å². The van der Waals surface area contributed by atoms with Crippen molar-refractivity contribution in [2.45, 2.75) is 65.0 Å². The molecule has 196 valence electrons. The Morgan fingerprint density at radius 1 is 1.35 bits per heavy atom. The summed E-state index contributed by atoms with van der Waals surface area (Å²) in [4.78, 5) is 14.4.